The smallest absolute Gasteiger partial charge is 0.325 e. The summed E-state index contributed by atoms with van der Waals surface area (Å²) in [7, 11) is -4.04. The topological polar surface area (TPSA) is 71.4 Å². The minimum atomic E-state index is -4.04. The van der Waals surface area contributed by atoms with Crippen molar-refractivity contribution in [1.82, 2.24) is 0 Å². The van der Waals surface area contributed by atoms with Gasteiger partial charge in [-0.25, -0.2) is 12.8 Å². The van der Waals surface area contributed by atoms with Gasteiger partial charge in [0.15, 0.2) is 14.6 Å². The van der Waals surface area contributed by atoms with Gasteiger partial charge in [0.2, 0.25) is 0 Å². The minimum Gasteiger partial charge on any atom is -0.480 e. The molecule has 1 saturated carbocycles. The van der Waals surface area contributed by atoms with E-state index in [0.29, 0.717) is 0 Å². The Labute approximate surface area is 123 Å². The molecule has 6 heteroatoms. The van der Waals surface area contributed by atoms with Gasteiger partial charge in [-0.15, -0.1) is 0 Å². The summed E-state index contributed by atoms with van der Waals surface area (Å²) < 4.78 is 36.5. The maximum atomic E-state index is 12.9. The lowest BCUT2D eigenvalue weighted by molar-refractivity contribution is -0.145. The van der Waals surface area contributed by atoms with E-state index in [1.54, 1.807) is 0 Å². The minimum absolute atomic E-state index is 0.0313. The predicted molar refractivity (Wildman–Crippen MR) is 76.1 cm³/mol. The van der Waals surface area contributed by atoms with Crippen LogP contribution in [0.2, 0.25) is 0 Å². The van der Waals surface area contributed by atoms with Gasteiger partial charge in [-0.1, -0.05) is 20.8 Å². The van der Waals surface area contributed by atoms with Crippen LogP contribution in [0.15, 0.2) is 29.2 Å². The van der Waals surface area contributed by atoms with E-state index in [9.17, 15) is 22.7 Å². The second-order valence-electron chi connectivity index (χ2n) is 6.73. The molecule has 0 atom stereocenters. The zero-order valence-corrected chi connectivity index (χ0v) is 13.1. The maximum absolute atomic E-state index is 12.9. The van der Waals surface area contributed by atoms with Crippen LogP contribution < -0.4 is 0 Å². The van der Waals surface area contributed by atoms with E-state index in [-0.39, 0.29) is 29.1 Å². The highest BCUT2D eigenvalue weighted by Gasteiger charge is 2.62. The molecular formula is C15H19FO4S. The zero-order chi connectivity index (χ0) is 16.1. The second kappa shape index (κ2) is 4.80. The van der Waals surface area contributed by atoms with E-state index in [1.807, 2.05) is 20.8 Å². The first-order valence-corrected chi connectivity index (χ1v) is 8.23. The molecule has 21 heavy (non-hydrogen) atoms. The van der Waals surface area contributed by atoms with Crippen LogP contribution in [0.4, 0.5) is 4.39 Å². The number of carboxylic acids is 1. The van der Waals surface area contributed by atoms with Crippen molar-refractivity contribution in [2.45, 2.75) is 43.3 Å². The summed E-state index contributed by atoms with van der Waals surface area (Å²) in [6.07, 6.45) is 0.178. The van der Waals surface area contributed by atoms with Crippen LogP contribution in [-0.4, -0.2) is 24.2 Å². The molecule has 0 aliphatic heterocycles. The molecule has 0 aromatic heterocycles. The molecule has 0 radical (unpaired) electrons. The Kier molecular flexibility index (Phi) is 3.64. The number of halogens is 1. The van der Waals surface area contributed by atoms with E-state index in [4.69, 9.17) is 0 Å². The summed E-state index contributed by atoms with van der Waals surface area (Å²) in [6.45, 7) is 5.90. The van der Waals surface area contributed by atoms with Gasteiger partial charge >= 0.3 is 5.97 Å². The lowest BCUT2D eigenvalue weighted by Gasteiger charge is -2.49. The lowest BCUT2D eigenvalue weighted by Crippen LogP contribution is -2.58. The maximum Gasteiger partial charge on any atom is 0.325 e. The van der Waals surface area contributed by atoms with Gasteiger partial charge in [-0.3, -0.25) is 4.79 Å². The van der Waals surface area contributed by atoms with E-state index in [0.717, 1.165) is 24.3 Å². The molecule has 1 N–H and O–H groups in total. The molecule has 1 aliphatic rings. The van der Waals surface area contributed by atoms with Crippen molar-refractivity contribution in [3.8, 4) is 0 Å². The molecule has 1 aromatic carbocycles. The molecule has 0 saturated heterocycles. The third-order valence-electron chi connectivity index (χ3n) is 4.41. The van der Waals surface area contributed by atoms with Gasteiger partial charge in [-0.05, 0) is 48.4 Å². The number of carboxylic acid groups (broad SMARTS) is 1. The van der Waals surface area contributed by atoms with Gasteiger partial charge in [0.25, 0.3) is 0 Å². The Morgan fingerprint density at radius 1 is 1.24 bits per heavy atom. The summed E-state index contributed by atoms with van der Waals surface area (Å²) in [6, 6.07) is 4.31. The fraction of sp³-hybridized carbons (Fsp3) is 0.533. The molecule has 0 heterocycles. The number of benzene rings is 1. The van der Waals surface area contributed by atoms with E-state index in [2.05, 4.69) is 0 Å². The fourth-order valence-corrected chi connectivity index (χ4v) is 4.71. The number of aliphatic carboxylic acids is 1. The zero-order valence-electron chi connectivity index (χ0n) is 12.3. The molecule has 0 amide bonds. The van der Waals surface area contributed by atoms with E-state index in [1.165, 1.54) is 0 Å². The summed E-state index contributed by atoms with van der Waals surface area (Å²) >= 11 is 0. The van der Waals surface area contributed by atoms with Crippen LogP contribution in [0, 0.1) is 17.2 Å². The van der Waals surface area contributed by atoms with Gasteiger partial charge in [0, 0.05) is 0 Å². The summed E-state index contributed by atoms with van der Waals surface area (Å²) in [5.41, 5.74) is -0.142. The molecule has 0 spiro atoms. The van der Waals surface area contributed by atoms with Crippen molar-refractivity contribution in [2.24, 2.45) is 11.3 Å². The molecule has 1 aliphatic carbocycles. The average molecular weight is 314 g/mol. The van der Waals surface area contributed by atoms with Crippen molar-refractivity contribution in [2.75, 3.05) is 0 Å². The number of hydrogen-bond acceptors (Lipinski definition) is 3. The van der Waals surface area contributed by atoms with Crippen molar-refractivity contribution < 1.29 is 22.7 Å². The summed E-state index contributed by atoms with van der Waals surface area (Å²) in [4.78, 5) is 11.5. The normalized spacial score (nSPS) is 26.2. The van der Waals surface area contributed by atoms with Gasteiger partial charge < -0.3 is 5.11 Å². The van der Waals surface area contributed by atoms with Crippen LogP contribution >= 0.6 is 0 Å². The Morgan fingerprint density at radius 2 is 1.71 bits per heavy atom. The second-order valence-corrected chi connectivity index (χ2v) is 8.99. The van der Waals surface area contributed by atoms with E-state index >= 15 is 0 Å². The molecular weight excluding hydrogens is 295 g/mol. The molecule has 1 aromatic rings. The highest BCUT2D eigenvalue weighted by Crippen LogP contribution is 2.53. The Bertz CT molecular complexity index is 650. The van der Waals surface area contributed by atoms with Crippen LogP contribution in [0.3, 0.4) is 0 Å². The molecule has 116 valence electrons. The average Bonchev–Trinajstić information content (AvgIpc) is 2.24. The van der Waals surface area contributed by atoms with Crippen LogP contribution in [0.5, 0.6) is 0 Å². The third-order valence-corrected chi connectivity index (χ3v) is 6.83. The van der Waals surface area contributed by atoms with Crippen molar-refractivity contribution >= 4 is 15.8 Å². The van der Waals surface area contributed by atoms with Crippen LogP contribution in [0.1, 0.15) is 33.6 Å². The number of hydrogen-bond donors (Lipinski definition) is 1. The first-order valence-electron chi connectivity index (χ1n) is 6.74. The summed E-state index contributed by atoms with van der Waals surface area (Å²) in [5.74, 6) is -1.85. The van der Waals surface area contributed by atoms with Crippen LogP contribution in [-0.2, 0) is 14.6 Å². The molecule has 0 unspecified atom stereocenters. The van der Waals surface area contributed by atoms with Crippen molar-refractivity contribution in [3.63, 3.8) is 0 Å². The van der Waals surface area contributed by atoms with E-state index < -0.39 is 26.4 Å². The first-order chi connectivity index (χ1) is 9.50. The number of sulfone groups is 1. The highest BCUT2D eigenvalue weighted by atomic mass is 32.2. The fourth-order valence-electron chi connectivity index (χ4n) is 2.70. The Morgan fingerprint density at radius 3 is 2.10 bits per heavy atom. The van der Waals surface area contributed by atoms with Crippen molar-refractivity contribution in [1.29, 1.82) is 0 Å². The Balaban J connectivity index is 2.41. The number of carbonyl (C=O) groups is 1. The SMILES string of the molecule is CC(C)(C)C1CC(C(=O)O)(S(=O)(=O)c2ccc(F)cc2)C1. The first kappa shape index (κ1) is 15.9. The molecule has 1 fully saturated rings. The number of rotatable bonds is 3. The Hall–Kier alpha value is -1.43. The molecule has 0 bridgehead atoms. The quantitative estimate of drug-likeness (QED) is 0.871. The molecule has 4 nitrogen and oxygen atoms in total. The van der Waals surface area contributed by atoms with Crippen molar-refractivity contribution in [3.05, 3.63) is 30.1 Å². The largest absolute Gasteiger partial charge is 0.480 e. The van der Waals surface area contributed by atoms with Gasteiger partial charge in [0.1, 0.15) is 5.82 Å². The third kappa shape index (κ3) is 2.46. The van der Waals surface area contributed by atoms with Gasteiger partial charge in [-0.2, -0.15) is 0 Å². The highest BCUT2D eigenvalue weighted by molar-refractivity contribution is 7.93. The van der Waals surface area contributed by atoms with Gasteiger partial charge in [0.05, 0.1) is 4.90 Å². The lowest BCUT2D eigenvalue weighted by atomic mass is 9.62. The summed E-state index contributed by atoms with van der Waals surface area (Å²) in [5, 5.41) is 9.47. The predicted octanol–water partition coefficient (Wildman–Crippen LogP) is 2.88. The standard InChI is InChI=1S/C15H19FO4S/c1-14(2,3)10-8-15(9-10,13(17)18)21(19,20)12-6-4-11(16)5-7-12/h4-7,10H,8-9H2,1-3H3,(H,17,18). The van der Waals surface area contributed by atoms with Crippen LogP contribution in [0.25, 0.3) is 0 Å². The monoisotopic (exact) mass is 314 g/mol. The molecule has 2 rings (SSSR count).